The van der Waals surface area contributed by atoms with Crippen molar-refractivity contribution in [2.45, 2.75) is 51.6 Å². The van der Waals surface area contributed by atoms with Crippen LogP contribution in [0.4, 0.5) is 0 Å². The number of nitrogens with zero attached hydrogens (tertiary/aromatic N) is 4. The summed E-state index contributed by atoms with van der Waals surface area (Å²) in [6.45, 7) is 6.64. The van der Waals surface area contributed by atoms with Gasteiger partial charge in [-0.15, -0.1) is 0 Å². The highest BCUT2D eigenvalue weighted by atomic mass is 16.2. The van der Waals surface area contributed by atoms with E-state index in [-0.39, 0.29) is 11.4 Å². The van der Waals surface area contributed by atoms with E-state index in [1.807, 2.05) is 52.0 Å². The number of rotatable bonds is 5. The van der Waals surface area contributed by atoms with E-state index in [0.717, 1.165) is 16.9 Å². The number of hydrogen-bond donors (Lipinski definition) is 1. The smallest absolute Gasteiger partial charge is 0.269 e. The average Bonchev–Trinajstić information content (AvgIpc) is 3.16. The van der Waals surface area contributed by atoms with Crippen molar-refractivity contribution in [3.8, 4) is 5.69 Å². The van der Waals surface area contributed by atoms with E-state index in [2.05, 4.69) is 31.2 Å². The van der Waals surface area contributed by atoms with E-state index in [4.69, 9.17) is 5.10 Å². The molecule has 1 amide bonds. The summed E-state index contributed by atoms with van der Waals surface area (Å²) in [6, 6.07) is 11.8. The zero-order valence-corrected chi connectivity index (χ0v) is 16.0. The van der Waals surface area contributed by atoms with Crippen molar-refractivity contribution >= 4 is 5.91 Å². The summed E-state index contributed by atoms with van der Waals surface area (Å²) in [6.07, 6.45) is 5.98. The zero-order valence-electron chi connectivity index (χ0n) is 16.0. The Balaban J connectivity index is 1.56. The minimum absolute atomic E-state index is 0.0976. The third-order valence-electron chi connectivity index (χ3n) is 4.77. The first-order chi connectivity index (χ1) is 12.9. The summed E-state index contributed by atoms with van der Waals surface area (Å²) >= 11 is 0. The lowest BCUT2D eigenvalue weighted by molar-refractivity contribution is 0.0932. The Labute approximate surface area is 159 Å². The summed E-state index contributed by atoms with van der Waals surface area (Å²) in [5, 5.41) is 12.1. The molecule has 0 saturated heterocycles. The fourth-order valence-electron chi connectivity index (χ4n) is 3.21. The minimum Gasteiger partial charge on any atom is -0.347 e. The van der Waals surface area contributed by atoms with Gasteiger partial charge in [-0.25, -0.2) is 4.68 Å². The van der Waals surface area contributed by atoms with E-state index < -0.39 is 0 Å². The van der Waals surface area contributed by atoms with E-state index in [9.17, 15) is 4.79 Å². The Morgan fingerprint density at radius 1 is 1.22 bits per heavy atom. The molecular formula is C21H25N5O. The van der Waals surface area contributed by atoms with Crippen molar-refractivity contribution in [3.63, 3.8) is 0 Å². The molecule has 0 bridgehead atoms. The van der Waals surface area contributed by atoms with Gasteiger partial charge in [0.05, 0.1) is 16.9 Å². The molecule has 1 saturated carbocycles. The lowest BCUT2D eigenvalue weighted by Crippen LogP contribution is -2.32. The molecule has 6 nitrogen and oxygen atoms in total. The third kappa shape index (κ3) is 3.65. The molecule has 140 valence electrons. The molecule has 3 aromatic rings. The van der Waals surface area contributed by atoms with E-state index in [0.29, 0.717) is 18.2 Å². The van der Waals surface area contributed by atoms with Crippen LogP contribution in [-0.2, 0) is 12.1 Å². The van der Waals surface area contributed by atoms with Crippen molar-refractivity contribution in [2.24, 2.45) is 0 Å². The number of aromatic nitrogens is 4. The van der Waals surface area contributed by atoms with Gasteiger partial charge in [0.15, 0.2) is 0 Å². The summed E-state index contributed by atoms with van der Waals surface area (Å²) in [5.41, 5.74) is 3.39. The molecule has 0 aliphatic heterocycles. The topological polar surface area (TPSA) is 64.7 Å². The molecule has 1 aromatic carbocycles. The Bertz CT molecular complexity index is 945. The Hall–Kier alpha value is -2.89. The van der Waals surface area contributed by atoms with Gasteiger partial charge in [-0.05, 0) is 57.4 Å². The van der Waals surface area contributed by atoms with Crippen LogP contribution in [0.3, 0.4) is 0 Å². The van der Waals surface area contributed by atoms with Crippen LogP contribution in [0.2, 0.25) is 0 Å². The second-order valence-corrected chi connectivity index (χ2v) is 8.07. The molecule has 1 N–H and O–H groups in total. The molecule has 0 radical (unpaired) electrons. The van der Waals surface area contributed by atoms with Crippen LogP contribution in [0.25, 0.3) is 5.69 Å². The fraction of sp³-hybridized carbons (Fsp3) is 0.381. The SMILES string of the molecule is CC(C)(C)n1nc(C2CC2)cc1C(=O)NCc1ccccc1-n1cccn1. The van der Waals surface area contributed by atoms with Gasteiger partial charge in [0, 0.05) is 24.9 Å². The third-order valence-corrected chi connectivity index (χ3v) is 4.77. The summed E-state index contributed by atoms with van der Waals surface area (Å²) in [4.78, 5) is 12.9. The van der Waals surface area contributed by atoms with Crippen molar-refractivity contribution in [2.75, 3.05) is 0 Å². The van der Waals surface area contributed by atoms with Gasteiger partial charge in [-0.2, -0.15) is 10.2 Å². The highest BCUT2D eigenvalue weighted by Gasteiger charge is 2.31. The maximum absolute atomic E-state index is 12.9. The molecule has 2 heterocycles. The van der Waals surface area contributed by atoms with Gasteiger partial charge >= 0.3 is 0 Å². The van der Waals surface area contributed by atoms with Crippen LogP contribution >= 0.6 is 0 Å². The highest BCUT2D eigenvalue weighted by Crippen LogP contribution is 2.40. The first kappa shape index (κ1) is 17.5. The predicted molar refractivity (Wildman–Crippen MR) is 104 cm³/mol. The average molecular weight is 363 g/mol. The summed E-state index contributed by atoms with van der Waals surface area (Å²) in [7, 11) is 0. The zero-order chi connectivity index (χ0) is 19.0. The molecule has 4 rings (SSSR count). The maximum atomic E-state index is 12.9. The molecule has 2 aromatic heterocycles. The van der Waals surface area contributed by atoms with E-state index in [1.54, 1.807) is 6.20 Å². The van der Waals surface area contributed by atoms with E-state index >= 15 is 0 Å². The molecule has 0 unspecified atom stereocenters. The summed E-state index contributed by atoms with van der Waals surface area (Å²) < 4.78 is 3.67. The standard InChI is InChI=1S/C21H25N5O/c1-21(2,3)26-19(13-17(24-26)15-9-10-15)20(27)22-14-16-7-4-5-8-18(16)25-12-6-11-23-25/h4-8,11-13,15H,9-10,14H2,1-3H3,(H,22,27). The molecular weight excluding hydrogens is 338 g/mol. The van der Waals surface area contributed by atoms with Crippen molar-refractivity contribution in [3.05, 3.63) is 65.7 Å². The largest absolute Gasteiger partial charge is 0.347 e. The van der Waals surface area contributed by atoms with Gasteiger partial charge in [-0.1, -0.05) is 18.2 Å². The van der Waals surface area contributed by atoms with Crippen LogP contribution < -0.4 is 5.32 Å². The Morgan fingerprint density at radius 2 is 2.00 bits per heavy atom. The van der Waals surface area contributed by atoms with E-state index in [1.165, 1.54) is 12.8 Å². The predicted octanol–water partition coefficient (Wildman–Crippen LogP) is 3.63. The van der Waals surface area contributed by atoms with Crippen LogP contribution in [0.5, 0.6) is 0 Å². The number of para-hydroxylation sites is 1. The molecule has 1 aliphatic rings. The normalized spacial score (nSPS) is 14.3. The second kappa shape index (κ2) is 6.68. The first-order valence-corrected chi connectivity index (χ1v) is 9.40. The first-order valence-electron chi connectivity index (χ1n) is 9.40. The molecule has 0 atom stereocenters. The lowest BCUT2D eigenvalue weighted by Gasteiger charge is -2.22. The van der Waals surface area contributed by atoms with Gasteiger partial charge in [-0.3, -0.25) is 9.48 Å². The molecule has 1 aliphatic carbocycles. The van der Waals surface area contributed by atoms with Crippen LogP contribution in [0.1, 0.15) is 61.3 Å². The minimum atomic E-state index is -0.243. The highest BCUT2D eigenvalue weighted by molar-refractivity contribution is 5.92. The Morgan fingerprint density at radius 3 is 2.67 bits per heavy atom. The molecule has 6 heteroatoms. The van der Waals surface area contributed by atoms with Crippen LogP contribution in [0, 0.1) is 0 Å². The van der Waals surface area contributed by atoms with Gasteiger partial charge in [0.1, 0.15) is 5.69 Å². The quantitative estimate of drug-likeness (QED) is 0.753. The Kier molecular flexibility index (Phi) is 4.34. The molecule has 1 fully saturated rings. The van der Waals surface area contributed by atoms with Crippen molar-refractivity contribution in [1.82, 2.24) is 24.9 Å². The number of carbonyl (C=O) groups is 1. The fourth-order valence-corrected chi connectivity index (χ4v) is 3.21. The summed E-state index contributed by atoms with van der Waals surface area (Å²) in [5.74, 6) is 0.417. The number of nitrogens with one attached hydrogen (secondary N) is 1. The van der Waals surface area contributed by atoms with Gasteiger partial charge in [0.2, 0.25) is 0 Å². The second-order valence-electron chi connectivity index (χ2n) is 8.07. The van der Waals surface area contributed by atoms with Gasteiger partial charge in [0.25, 0.3) is 5.91 Å². The van der Waals surface area contributed by atoms with Crippen molar-refractivity contribution in [1.29, 1.82) is 0 Å². The lowest BCUT2D eigenvalue weighted by atomic mass is 10.1. The van der Waals surface area contributed by atoms with Crippen LogP contribution in [0.15, 0.2) is 48.8 Å². The van der Waals surface area contributed by atoms with Gasteiger partial charge < -0.3 is 5.32 Å². The number of carbonyl (C=O) groups excluding carboxylic acids is 1. The van der Waals surface area contributed by atoms with Crippen molar-refractivity contribution < 1.29 is 4.79 Å². The van der Waals surface area contributed by atoms with Crippen LogP contribution in [-0.4, -0.2) is 25.5 Å². The maximum Gasteiger partial charge on any atom is 0.269 e. The monoisotopic (exact) mass is 363 g/mol. The number of amides is 1. The molecule has 0 spiro atoms. The molecule has 27 heavy (non-hydrogen) atoms. The number of benzene rings is 1. The number of hydrogen-bond acceptors (Lipinski definition) is 3.